The van der Waals surface area contributed by atoms with Crippen LogP contribution in [0.5, 0.6) is 0 Å². The minimum Gasteiger partial charge on any atom is -0.618 e. The number of pyridine rings is 1. The van der Waals surface area contributed by atoms with Crippen LogP contribution >= 0.6 is 11.8 Å². The number of hydrogen-bond acceptors (Lipinski definition) is 4. The number of nitrogens with zero attached hydrogens (tertiary/aromatic N) is 1. The van der Waals surface area contributed by atoms with E-state index in [-0.39, 0.29) is 11.7 Å². The first-order chi connectivity index (χ1) is 8.75. The fourth-order valence-corrected chi connectivity index (χ4v) is 2.06. The number of aromatic nitrogens is 1. The van der Waals surface area contributed by atoms with E-state index in [0.717, 1.165) is 4.73 Å². The number of rotatable bonds is 5. The van der Waals surface area contributed by atoms with Crippen molar-refractivity contribution in [3.63, 3.8) is 0 Å². The van der Waals surface area contributed by atoms with Gasteiger partial charge in [0.2, 0.25) is 5.91 Å². The molecule has 2 aromatic heterocycles. The molecule has 0 saturated heterocycles. The quantitative estimate of drug-likeness (QED) is 0.502. The summed E-state index contributed by atoms with van der Waals surface area (Å²) in [5.74, 6) is 0.764. The van der Waals surface area contributed by atoms with Gasteiger partial charge in [0.15, 0.2) is 6.20 Å². The topological polar surface area (TPSA) is 69.2 Å². The second-order valence-electron chi connectivity index (χ2n) is 3.51. The Kier molecular flexibility index (Phi) is 4.25. The van der Waals surface area contributed by atoms with Gasteiger partial charge in [0, 0.05) is 12.1 Å². The van der Waals surface area contributed by atoms with Gasteiger partial charge in [-0.2, -0.15) is 4.73 Å². The van der Waals surface area contributed by atoms with Gasteiger partial charge in [-0.25, -0.2) is 0 Å². The fraction of sp³-hybridized carbons (Fsp3) is 0.167. The van der Waals surface area contributed by atoms with Crippen LogP contribution in [0, 0.1) is 5.21 Å². The van der Waals surface area contributed by atoms with E-state index in [2.05, 4.69) is 5.32 Å². The van der Waals surface area contributed by atoms with Crippen molar-refractivity contribution in [2.75, 3.05) is 5.75 Å². The van der Waals surface area contributed by atoms with Crippen LogP contribution < -0.4 is 10.0 Å². The summed E-state index contributed by atoms with van der Waals surface area (Å²) >= 11 is 1.20. The van der Waals surface area contributed by atoms with E-state index < -0.39 is 0 Å². The number of nitrogens with one attached hydrogen (secondary N) is 1. The van der Waals surface area contributed by atoms with Crippen LogP contribution in [0.15, 0.2) is 52.2 Å². The van der Waals surface area contributed by atoms with Crippen molar-refractivity contribution in [3.05, 3.63) is 53.8 Å². The van der Waals surface area contributed by atoms with Crippen molar-refractivity contribution in [2.24, 2.45) is 0 Å². The number of thioether (sulfide) groups is 1. The Morgan fingerprint density at radius 1 is 1.39 bits per heavy atom. The average Bonchev–Trinajstić information content (AvgIpc) is 2.88. The Morgan fingerprint density at radius 3 is 3.00 bits per heavy atom. The molecular weight excluding hydrogens is 252 g/mol. The molecule has 0 aliphatic rings. The lowest BCUT2D eigenvalue weighted by Crippen LogP contribution is -2.29. The van der Waals surface area contributed by atoms with E-state index in [1.165, 1.54) is 18.0 Å². The molecule has 5 nitrogen and oxygen atoms in total. The molecule has 0 aliphatic carbocycles. The zero-order valence-corrected chi connectivity index (χ0v) is 10.4. The summed E-state index contributed by atoms with van der Waals surface area (Å²) in [5.41, 5.74) is 0. The van der Waals surface area contributed by atoms with Crippen molar-refractivity contribution in [1.82, 2.24) is 5.32 Å². The highest BCUT2D eigenvalue weighted by molar-refractivity contribution is 7.99. The van der Waals surface area contributed by atoms with Gasteiger partial charge in [-0.1, -0.05) is 0 Å². The Morgan fingerprint density at radius 2 is 2.28 bits per heavy atom. The van der Waals surface area contributed by atoms with Gasteiger partial charge in [0.25, 0.3) is 5.03 Å². The van der Waals surface area contributed by atoms with Gasteiger partial charge < -0.3 is 14.9 Å². The predicted molar refractivity (Wildman–Crippen MR) is 66.7 cm³/mol. The van der Waals surface area contributed by atoms with Crippen molar-refractivity contribution in [1.29, 1.82) is 0 Å². The molecule has 0 spiro atoms. The molecule has 6 heteroatoms. The largest absolute Gasteiger partial charge is 0.618 e. The molecule has 18 heavy (non-hydrogen) atoms. The van der Waals surface area contributed by atoms with E-state index >= 15 is 0 Å². The van der Waals surface area contributed by atoms with E-state index in [0.29, 0.717) is 17.3 Å². The minimum atomic E-state index is -0.139. The maximum atomic E-state index is 11.5. The number of amides is 1. The molecule has 2 heterocycles. The SMILES string of the molecule is O=C(CSc1cccc[n+]1[O-])NCc1ccco1. The van der Waals surface area contributed by atoms with E-state index in [9.17, 15) is 10.0 Å². The van der Waals surface area contributed by atoms with Crippen LogP contribution in [0.4, 0.5) is 0 Å². The van der Waals surface area contributed by atoms with Crippen molar-refractivity contribution in [3.8, 4) is 0 Å². The molecule has 0 unspecified atom stereocenters. The molecule has 0 fully saturated rings. The van der Waals surface area contributed by atoms with Crippen molar-refractivity contribution in [2.45, 2.75) is 11.6 Å². The maximum Gasteiger partial charge on any atom is 0.251 e. The first kappa shape index (κ1) is 12.5. The van der Waals surface area contributed by atoms with Gasteiger partial charge in [-0.3, -0.25) is 4.79 Å². The summed E-state index contributed by atoms with van der Waals surface area (Å²) in [4.78, 5) is 11.5. The lowest BCUT2D eigenvalue weighted by Gasteiger charge is -2.04. The summed E-state index contributed by atoms with van der Waals surface area (Å²) in [6.07, 6.45) is 2.96. The third-order valence-electron chi connectivity index (χ3n) is 2.18. The second-order valence-corrected chi connectivity index (χ2v) is 4.51. The zero-order chi connectivity index (χ0) is 12.8. The van der Waals surface area contributed by atoms with Gasteiger partial charge in [-0.15, -0.1) is 0 Å². The van der Waals surface area contributed by atoms with Crippen LogP contribution in [0.3, 0.4) is 0 Å². The van der Waals surface area contributed by atoms with Gasteiger partial charge in [0.1, 0.15) is 5.76 Å². The smallest absolute Gasteiger partial charge is 0.251 e. The molecule has 2 aromatic rings. The first-order valence-electron chi connectivity index (χ1n) is 5.36. The molecular formula is C12H12N2O3S. The summed E-state index contributed by atoms with van der Waals surface area (Å²) in [7, 11) is 0. The van der Waals surface area contributed by atoms with Gasteiger partial charge in [-0.05, 0) is 30.0 Å². The molecule has 0 aromatic carbocycles. The van der Waals surface area contributed by atoms with E-state index in [1.54, 1.807) is 36.6 Å². The summed E-state index contributed by atoms with van der Waals surface area (Å²) in [6.45, 7) is 0.360. The molecule has 1 amide bonds. The van der Waals surface area contributed by atoms with E-state index in [4.69, 9.17) is 4.42 Å². The number of furan rings is 1. The maximum absolute atomic E-state index is 11.5. The minimum absolute atomic E-state index is 0.139. The van der Waals surface area contributed by atoms with Crippen LogP contribution in [0.25, 0.3) is 0 Å². The number of hydrogen-bond donors (Lipinski definition) is 1. The lowest BCUT2D eigenvalue weighted by atomic mass is 10.4. The number of carbonyl (C=O) groups is 1. The number of carbonyl (C=O) groups excluding carboxylic acids is 1. The van der Waals surface area contributed by atoms with Crippen molar-refractivity contribution >= 4 is 17.7 Å². The molecule has 0 saturated carbocycles. The zero-order valence-electron chi connectivity index (χ0n) is 9.54. The van der Waals surface area contributed by atoms with Gasteiger partial charge >= 0.3 is 0 Å². The Labute approximate surface area is 108 Å². The summed E-state index contributed by atoms with van der Waals surface area (Å²) < 4.78 is 5.83. The third kappa shape index (κ3) is 3.53. The second kappa shape index (κ2) is 6.11. The molecule has 0 radical (unpaired) electrons. The predicted octanol–water partition coefficient (Wildman–Crippen LogP) is 1.32. The molecule has 94 valence electrons. The molecule has 0 bridgehead atoms. The van der Waals surface area contributed by atoms with Crippen LogP contribution in [0.2, 0.25) is 0 Å². The molecule has 2 rings (SSSR count). The summed E-state index contributed by atoms with van der Waals surface area (Å²) in [6, 6.07) is 8.64. The summed E-state index contributed by atoms with van der Waals surface area (Å²) in [5, 5.41) is 14.5. The molecule has 0 atom stereocenters. The van der Waals surface area contributed by atoms with Crippen LogP contribution in [-0.4, -0.2) is 11.7 Å². The van der Waals surface area contributed by atoms with Gasteiger partial charge in [0.05, 0.1) is 18.6 Å². The molecule has 0 aliphatic heterocycles. The normalized spacial score (nSPS) is 10.2. The molecule has 1 N–H and O–H groups in total. The Balaban J connectivity index is 1.77. The van der Waals surface area contributed by atoms with Crippen LogP contribution in [0.1, 0.15) is 5.76 Å². The highest BCUT2D eigenvalue weighted by Gasteiger charge is 2.08. The fourth-order valence-electron chi connectivity index (χ4n) is 1.31. The highest BCUT2D eigenvalue weighted by atomic mass is 32.2. The third-order valence-corrected chi connectivity index (χ3v) is 3.20. The monoisotopic (exact) mass is 264 g/mol. The Hall–Kier alpha value is -1.95. The standard InChI is InChI=1S/C12H12N2O3S/c15-11(13-8-10-4-3-7-17-10)9-18-12-5-1-2-6-14(12)16/h1-7H,8-9H2,(H,13,15). The average molecular weight is 264 g/mol. The van der Waals surface area contributed by atoms with E-state index in [1.807, 2.05) is 0 Å². The highest BCUT2D eigenvalue weighted by Crippen LogP contribution is 2.11. The van der Waals surface area contributed by atoms with Crippen LogP contribution in [-0.2, 0) is 11.3 Å². The van der Waals surface area contributed by atoms with Crippen molar-refractivity contribution < 1.29 is 13.9 Å². The first-order valence-corrected chi connectivity index (χ1v) is 6.34. The lowest BCUT2D eigenvalue weighted by molar-refractivity contribution is -0.645. The Bertz CT molecular complexity index is 514.